The van der Waals surface area contributed by atoms with Gasteiger partial charge in [-0.05, 0) is 23.3 Å². The Labute approximate surface area is 111 Å². The van der Waals surface area contributed by atoms with Crippen LogP contribution in [0.3, 0.4) is 0 Å². The molecule has 0 heterocycles. The summed E-state index contributed by atoms with van der Waals surface area (Å²) in [7, 11) is 0. The van der Waals surface area contributed by atoms with Gasteiger partial charge in [-0.25, -0.2) is 0 Å². The van der Waals surface area contributed by atoms with Crippen molar-refractivity contribution < 1.29 is 0 Å². The molecule has 0 saturated carbocycles. The van der Waals surface area contributed by atoms with Crippen molar-refractivity contribution >= 4 is 23.4 Å². The summed E-state index contributed by atoms with van der Waals surface area (Å²) in [5.74, 6) is 0.925. The van der Waals surface area contributed by atoms with Gasteiger partial charge in [-0.3, -0.25) is 0 Å². The first-order valence-electron chi connectivity index (χ1n) is 5.45. The zero-order valence-corrected chi connectivity index (χ0v) is 11.0. The van der Waals surface area contributed by atoms with Crippen molar-refractivity contribution in [3.63, 3.8) is 0 Å². The maximum absolute atomic E-state index is 6.10. The topological polar surface area (TPSA) is 26.0 Å². The van der Waals surface area contributed by atoms with Crippen LogP contribution in [-0.4, -0.2) is 0 Å². The quantitative estimate of drug-likeness (QED) is 0.841. The molecule has 0 amide bonds. The van der Waals surface area contributed by atoms with E-state index in [0.717, 1.165) is 21.2 Å². The van der Waals surface area contributed by atoms with Gasteiger partial charge in [0.1, 0.15) is 0 Å². The first-order chi connectivity index (χ1) is 8.29. The van der Waals surface area contributed by atoms with Crippen molar-refractivity contribution in [2.75, 3.05) is 0 Å². The monoisotopic (exact) mass is 263 g/mol. The van der Waals surface area contributed by atoms with Gasteiger partial charge in [0.05, 0.1) is 5.02 Å². The molecule has 3 heteroatoms. The van der Waals surface area contributed by atoms with Crippen molar-refractivity contribution in [1.29, 1.82) is 0 Å². The molecule has 88 valence electrons. The third-order valence-corrected chi connectivity index (χ3v) is 4.08. The van der Waals surface area contributed by atoms with Crippen molar-refractivity contribution in [2.45, 2.75) is 17.2 Å². The van der Waals surface area contributed by atoms with Gasteiger partial charge in [-0.15, -0.1) is 11.8 Å². The van der Waals surface area contributed by atoms with E-state index >= 15 is 0 Å². The Balaban J connectivity index is 2.00. The first-order valence-corrected chi connectivity index (χ1v) is 6.81. The smallest absolute Gasteiger partial charge is 0.0541 e. The van der Waals surface area contributed by atoms with Crippen LogP contribution in [0.5, 0.6) is 0 Å². The molecule has 0 fully saturated rings. The molecule has 2 N–H and O–H groups in total. The molecule has 17 heavy (non-hydrogen) atoms. The van der Waals surface area contributed by atoms with Crippen LogP contribution < -0.4 is 5.73 Å². The first kappa shape index (κ1) is 12.5. The zero-order chi connectivity index (χ0) is 12.1. The molecule has 0 aliphatic rings. The van der Waals surface area contributed by atoms with Gasteiger partial charge in [-0.2, -0.15) is 0 Å². The van der Waals surface area contributed by atoms with Crippen molar-refractivity contribution in [2.24, 2.45) is 5.73 Å². The normalized spacial score (nSPS) is 10.5. The molecular formula is C14H14ClNS. The minimum atomic E-state index is 0.595. The summed E-state index contributed by atoms with van der Waals surface area (Å²) in [5, 5.41) is 0.816. The summed E-state index contributed by atoms with van der Waals surface area (Å²) in [6.07, 6.45) is 0. The molecule has 0 saturated heterocycles. The van der Waals surface area contributed by atoms with E-state index in [2.05, 4.69) is 24.3 Å². The lowest BCUT2D eigenvalue weighted by Gasteiger charge is -2.04. The van der Waals surface area contributed by atoms with E-state index < -0.39 is 0 Å². The number of hydrogen-bond donors (Lipinski definition) is 1. The molecule has 0 spiro atoms. The SMILES string of the molecule is NCc1ccc(CSc2ccccc2Cl)cc1. The Morgan fingerprint density at radius 2 is 1.59 bits per heavy atom. The average Bonchev–Trinajstić information content (AvgIpc) is 2.38. The molecule has 1 nitrogen and oxygen atoms in total. The number of halogens is 1. The van der Waals surface area contributed by atoms with Crippen LogP contribution in [0.1, 0.15) is 11.1 Å². The summed E-state index contributed by atoms with van der Waals surface area (Å²) < 4.78 is 0. The highest BCUT2D eigenvalue weighted by Crippen LogP contribution is 2.29. The van der Waals surface area contributed by atoms with Gasteiger partial charge < -0.3 is 5.73 Å². The zero-order valence-electron chi connectivity index (χ0n) is 9.40. The predicted molar refractivity (Wildman–Crippen MR) is 75.3 cm³/mol. The summed E-state index contributed by atoms with van der Waals surface area (Å²) in [5.41, 5.74) is 8.01. The lowest BCUT2D eigenvalue weighted by molar-refractivity contribution is 1.07. The van der Waals surface area contributed by atoms with E-state index in [0.29, 0.717) is 6.54 Å². The van der Waals surface area contributed by atoms with Crippen molar-refractivity contribution in [1.82, 2.24) is 0 Å². The summed E-state index contributed by atoms with van der Waals surface area (Å²) in [6, 6.07) is 16.3. The van der Waals surface area contributed by atoms with E-state index in [1.807, 2.05) is 24.3 Å². The minimum Gasteiger partial charge on any atom is -0.326 e. The van der Waals surface area contributed by atoms with E-state index in [-0.39, 0.29) is 0 Å². The number of nitrogens with two attached hydrogens (primary N) is 1. The molecule has 0 atom stereocenters. The van der Waals surface area contributed by atoms with E-state index in [1.54, 1.807) is 11.8 Å². The molecular weight excluding hydrogens is 250 g/mol. The maximum atomic E-state index is 6.10. The Bertz CT molecular complexity index is 482. The molecule has 2 rings (SSSR count). The molecule has 0 aliphatic heterocycles. The Morgan fingerprint density at radius 3 is 2.24 bits per heavy atom. The van der Waals surface area contributed by atoms with Gasteiger partial charge in [0.25, 0.3) is 0 Å². The molecule has 0 unspecified atom stereocenters. The third kappa shape index (κ3) is 3.50. The maximum Gasteiger partial charge on any atom is 0.0541 e. The molecule has 0 aliphatic carbocycles. The lowest BCUT2D eigenvalue weighted by atomic mass is 10.1. The van der Waals surface area contributed by atoms with Crippen LogP contribution in [-0.2, 0) is 12.3 Å². The fraction of sp³-hybridized carbons (Fsp3) is 0.143. The fourth-order valence-electron chi connectivity index (χ4n) is 1.49. The van der Waals surface area contributed by atoms with Gasteiger partial charge in [-0.1, -0.05) is 48.0 Å². The summed E-state index contributed by atoms with van der Waals surface area (Å²) in [6.45, 7) is 0.595. The Kier molecular flexibility index (Phi) is 4.49. The average molecular weight is 264 g/mol. The molecule has 2 aromatic rings. The van der Waals surface area contributed by atoms with Crippen LogP contribution in [0, 0.1) is 0 Å². The van der Waals surface area contributed by atoms with Crippen LogP contribution in [0.4, 0.5) is 0 Å². The number of hydrogen-bond acceptors (Lipinski definition) is 2. The van der Waals surface area contributed by atoms with Crippen LogP contribution in [0.25, 0.3) is 0 Å². The Morgan fingerprint density at radius 1 is 0.941 bits per heavy atom. The molecule has 2 aromatic carbocycles. The summed E-state index contributed by atoms with van der Waals surface area (Å²) >= 11 is 7.85. The predicted octanol–water partition coefficient (Wildman–Crippen LogP) is 4.09. The number of rotatable bonds is 4. The highest BCUT2D eigenvalue weighted by molar-refractivity contribution is 7.98. The van der Waals surface area contributed by atoms with E-state index in [1.165, 1.54) is 5.56 Å². The van der Waals surface area contributed by atoms with Crippen LogP contribution in [0.15, 0.2) is 53.4 Å². The standard InChI is InChI=1S/C14H14ClNS/c15-13-3-1-2-4-14(13)17-10-12-7-5-11(9-16)6-8-12/h1-8H,9-10,16H2. The van der Waals surface area contributed by atoms with Gasteiger partial charge >= 0.3 is 0 Å². The number of thioether (sulfide) groups is 1. The van der Waals surface area contributed by atoms with Crippen molar-refractivity contribution in [3.05, 3.63) is 64.7 Å². The van der Waals surface area contributed by atoms with Crippen LogP contribution in [0.2, 0.25) is 5.02 Å². The lowest BCUT2D eigenvalue weighted by Crippen LogP contribution is -1.95. The molecule has 0 radical (unpaired) electrons. The third-order valence-electron chi connectivity index (χ3n) is 2.49. The van der Waals surface area contributed by atoms with Crippen molar-refractivity contribution in [3.8, 4) is 0 Å². The minimum absolute atomic E-state index is 0.595. The van der Waals surface area contributed by atoms with E-state index in [9.17, 15) is 0 Å². The highest BCUT2D eigenvalue weighted by atomic mass is 35.5. The molecule has 0 aromatic heterocycles. The highest BCUT2D eigenvalue weighted by Gasteiger charge is 2.00. The fourth-order valence-corrected chi connectivity index (χ4v) is 2.69. The van der Waals surface area contributed by atoms with Gasteiger partial charge in [0.2, 0.25) is 0 Å². The number of benzene rings is 2. The van der Waals surface area contributed by atoms with E-state index in [4.69, 9.17) is 17.3 Å². The second-order valence-corrected chi connectivity index (χ2v) is 5.16. The summed E-state index contributed by atoms with van der Waals surface area (Å²) in [4.78, 5) is 1.12. The second-order valence-electron chi connectivity index (χ2n) is 3.74. The van der Waals surface area contributed by atoms with Gasteiger partial charge in [0.15, 0.2) is 0 Å². The van der Waals surface area contributed by atoms with Crippen LogP contribution >= 0.6 is 23.4 Å². The second kappa shape index (κ2) is 6.10. The largest absolute Gasteiger partial charge is 0.326 e. The Hall–Kier alpha value is -0.960. The van der Waals surface area contributed by atoms with Gasteiger partial charge in [0, 0.05) is 17.2 Å². The molecule has 0 bridgehead atoms.